The topological polar surface area (TPSA) is 108 Å². The minimum atomic E-state index is -1.04. The highest BCUT2D eigenvalue weighted by molar-refractivity contribution is 5.94. The van der Waals surface area contributed by atoms with Gasteiger partial charge in [-0.05, 0) is 38.1 Å². The van der Waals surface area contributed by atoms with Crippen LogP contribution in [0, 0.1) is 5.82 Å². The van der Waals surface area contributed by atoms with Crippen molar-refractivity contribution in [1.82, 2.24) is 19.7 Å². The standard InChI is InChI=1S/C23H28FN7O2/c1-13(2)26-18-9-7-15-21(28-18)30(12-19(32)27-17-8-6-14(24)11-25-17)20-10-16(23(3,4)5)29-31(20)22(15)33/h6-11,13,22,33H,12H2,1-5H3,(H,26,28)(H,25,27,32). The molecule has 0 fully saturated rings. The maximum atomic E-state index is 13.2. The fourth-order valence-electron chi connectivity index (χ4n) is 3.56. The number of halogens is 1. The van der Waals surface area contributed by atoms with Gasteiger partial charge in [-0.25, -0.2) is 19.0 Å². The van der Waals surface area contributed by atoms with E-state index in [1.54, 1.807) is 17.0 Å². The molecule has 0 saturated heterocycles. The maximum Gasteiger partial charge on any atom is 0.245 e. The summed E-state index contributed by atoms with van der Waals surface area (Å²) in [5.74, 6) is 1.03. The van der Waals surface area contributed by atoms with Crippen LogP contribution in [0.5, 0.6) is 0 Å². The Labute approximate surface area is 191 Å². The molecule has 1 atom stereocenters. The fourth-order valence-corrected chi connectivity index (χ4v) is 3.56. The summed E-state index contributed by atoms with van der Waals surface area (Å²) in [6, 6.07) is 8.22. The van der Waals surface area contributed by atoms with Crippen LogP contribution in [0.4, 0.5) is 27.7 Å². The first-order chi connectivity index (χ1) is 15.5. The zero-order chi connectivity index (χ0) is 23.9. The molecule has 0 aromatic carbocycles. The van der Waals surface area contributed by atoms with Crippen LogP contribution in [0.25, 0.3) is 0 Å². The summed E-state index contributed by atoms with van der Waals surface area (Å²) in [6.07, 6.45) is 0.00270. The lowest BCUT2D eigenvalue weighted by atomic mass is 9.92. The third-order valence-electron chi connectivity index (χ3n) is 5.16. The number of pyridine rings is 2. The Morgan fingerprint density at radius 1 is 1.21 bits per heavy atom. The molecule has 4 heterocycles. The van der Waals surface area contributed by atoms with Crippen LogP contribution in [0.1, 0.15) is 52.1 Å². The number of hydrogen-bond donors (Lipinski definition) is 3. The molecule has 1 amide bonds. The quantitative estimate of drug-likeness (QED) is 0.542. The van der Waals surface area contributed by atoms with Gasteiger partial charge in [-0.3, -0.25) is 4.79 Å². The summed E-state index contributed by atoms with van der Waals surface area (Å²) in [5, 5.41) is 21.6. The SMILES string of the molecule is CC(C)Nc1ccc2c(n1)N(CC(=O)Nc1ccc(F)cn1)c1cc(C(C)(C)C)nn1C2O. The van der Waals surface area contributed by atoms with Crippen molar-refractivity contribution < 1.29 is 14.3 Å². The molecule has 9 nitrogen and oxygen atoms in total. The molecule has 33 heavy (non-hydrogen) atoms. The molecule has 3 aromatic rings. The monoisotopic (exact) mass is 453 g/mol. The third kappa shape index (κ3) is 4.65. The molecule has 0 bridgehead atoms. The number of aromatic nitrogens is 4. The second kappa shape index (κ2) is 8.43. The number of fused-ring (bicyclic) bond motifs is 2. The van der Waals surface area contributed by atoms with E-state index in [4.69, 9.17) is 4.98 Å². The Morgan fingerprint density at radius 3 is 2.58 bits per heavy atom. The van der Waals surface area contributed by atoms with E-state index in [1.807, 2.05) is 40.7 Å². The van der Waals surface area contributed by atoms with Gasteiger partial charge in [-0.2, -0.15) is 5.10 Å². The summed E-state index contributed by atoms with van der Waals surface area (Å²) in [5.41, 5.74) is 1.04. The first kappa shape index (κ1) is 22.7. The molecular weight excluding hydrogens is 425 g/mol. The van der Waals surface area contributed by atoms with Crippen molar-refractivity contribution in [2.75, 3.05) is 22.1 Å². The fraction of sp³-hybridized carbons (Fsp3) is 0.391. The largest absolute Gasteiger partial charge is 0.368 e. The highest BCUT2D eigenvalue weighted by Gasteiger charge is 2.35. The van der Waals surface area contributed by atoms with Crippen LogP contribution in [-0.4, -0.2) is 43.3 Å². The molecule has 3 N–H and O–H groups in total. The van der Waals surface area contributed by atoms with Crippen molar-refractivity contribution in [2.24, 2.45) is 0 Å². The van der Waals surface area contributed by atoms with Crippen LogP contribution < -0.4 is 15.5 Å². The first-order valence-electron chi connectivity index (χ1n) is 10.8. The number of amides is 1. The number of rotatable bonds is 5. The highest BCUT2D eigenvalue weighted by atomic mass is 19.1. The smallest absolute Gasteiger partial charge is 0.245 e. The Balaban J connectivity index is 1.73. The zero-order valence-electron chi connectivity index (χ0n) is 19.3. The van der Waals surface area contributed by atoms with Gasteiger partial charge in [0.2, 0.25) is 5.91 Å². The lowest BCUT2D eigenvalue weighted by Gasteiger charge is -2.33. The van der Waals surface area contributed by atoms with Gasteiger partial charge in [-0.1, -0.05) is 20.8 Å². The molecular formula is C23H28FN7O2. The van der Waals surface area contributed by atoms with E-state index in [9.17, 15) is 14.3 Å². The number of nitrogens with one attached hydrogen (secondary N) is 2. The van der Waals surface area contributed by atoms with Gasteiger partial charge in [0.25, 0.3) is 0 Å². The molecule has 10 heteroatoms. The van der Waals surface area contributed by atoms with Gasteiger partial charge in [0.1, 0.15) is 35.6 Å². The van der Waals surface area contributed by atoms with E-state index < -0.39 is 12.0 Å². The second-order valence-electron chi connectivity index (χ2n) is 9.36. The second-order valence-corrected chi connectivity index (χ2v) is 9.36. The van der Waals surface area contributed by atoms with Gasteiger partial charge < -0.3 is 20.6 Å². The van der Waals surface area contributed by atoms with E-state index >= 15 is 0 Å². The maximum absolute atomic E-state index is 13.2. The molecule has 174 valence electrons. The van der Waals surface area contributed by atoms with Crippen molar-refractivity contribution in [3.8, 4) is 0 Å². The van der Waals surface area contributed by atoms with Crippen molar-refractivity contribution >= 4 is 29.2 Å². The van der Waals surface area contributed by atoms with Crippen LogP contribution in [0.3, 0.4) is 0 Å². The van der Waals surface area contributed by atoms with Crippen molar-refractivity contribution in [1.29, 1.82) is 0 Å². The summed E-state index contributed by atoms with van der Waals surface area (Å²) in [4.78, 5) is 23.2. The summed E-state index contributed by atoms with van der Waals surface area (Å²) in [6.45, 7) is 9.98. The number of aliphatic hydroxyl groups is 1. The number of aliphatic hydroxyl groups excluding tert-OH is 1. The third-order valence-corrected chi connectivity index (χ3v) is 5.16. The molecule has 0 radical (unpaired) electrons. The van der Waals surface area contributed by atoms with Crippen LogP contribution >= 0.6 is 0 Å². The molecule has 1 unspecified atom stereocenters. The number of carbonyl (C=O) groups excluding carboxylic acids is 1. The predicted molar refractivity (Wildman–Crippen MR) is 124 cm³/mol. The number of carbonyl (C=O) groups is 1. The number of anilines is 4. The molecule has 3 aromatic heterocycles. The Morgan fingerprint density at radius 2 is 1.94 bits per heavy atom. The lowest BCUT2D eigenvalue weighted by Crippen LogP contribution is -2.36. The van der Waals surface area contributed by atoms with Gasteiger partial charge in [0.05, 0.1) is 11.9 Å². The van der Waals surface area contributed by atoms with Gasteiger partial charge >= 0.3 is 0 Å². The summed E-state index contributed by atoms with van der Waals surface area (Å²) < 4.78 is 14.7. The van der Waals surface area contributed by atoms with E-state index in [-0.39, 0.29) is 29.7 Å². The lowest BCUT2D eigenvalue weighted by molar-refractivity contribution is -0.114. The number of hydrogen-bond acceptors (Lipinski definition) is 7. The molecule has 1 aliphatic heterocycles. The Hall–Kier alpha value is -3.53. The average Bonchev–Trinajstić information content (AvgIpc) is 3.19. The van der Waals surface area contributed by atoms with E-state index in [2.05, 4.69) is 20.7 Å². The zero-order valence-corrected chi connectivity index (χ0v) is 19.3. The van der Waals surface area contributed by atoms with E-state index in [1.165, 1.54) is 16.8 Å². The minimum Gasteiger partial charge on any atom is -0.368 e. The van der Waals surface area contributed by atoms with Gasteiger partial charge in [0, 0.05) is 23.1 Å². The van der Waals surface area contributed by atoms with Crippen LogP contribution in [-0.2, 0) is 10.2 Å². The van der Waals surface area contributed by atoms with E-state index in [0.29, 0.717) is 23.0 Å². The molecule has 0 saturated carbocycles. The van der Waals surface area contributed by atoms with Crippen LogP contribution in [0.15, 0.2) is 36.5 Å². The Kier molecular flexibility index (Phi) is 5.79. The molecule has 0 spiro atoms. The normalized spacial score (nSPS) is 15.3. The predicted octanol–water partition coefficient (Wildman–Crippen LogP) is 3.56. The minimum absolute atomic E-state index is 0.105. The van der Waals surface area contributed by atoms with Crippen molar-refractivity contribution in [3.63, 3.8) is 0 Å². The van der Waals surface area contributed by atoms with Gasteiger partial charge in [-0.15, -0.1) is 0 Å². The average molecular weight is 454 g/mol. The molecule has 4 rings (SSSR count). The number of nitrogens with zero attached hydrogens (tertiary/aromatic N) is 5. The van der Waals surface area contributed by atoms with Gasteiger partial charge in [0.15, 0.2) is 6.23 Å². The summed E-state index contributed by atoms with van der Waals surface area (Å²) in [7, 11) is 0. The molecule has 0 aliphatic carbocycles. The summed E-state index contributed by atoms with van der Waals surface area (Å²) >= 11 is 0. The van der Waals surface area contributed by atoms with Crippen LogP contribution in [0.2, 0.25) is 0 Å². The highest BCUT2D eigenvalue weighted by Crippen LogP contribution is 2.40. The first-order valence-corrected chi connectivity index (χ1v) is 10.8. The van der Waals surface area contributed by atoms with Crippen molar-refractivity contribution in [3.05, 3.63) is 53.6 Å². The van der Waals surface area contributed by atoms with Crippen molar-refractivity contribution in [2.45, 2.75) is 52.3 Å². The van der Waals surface area contributed by atoms with E-state index in [0.717, 1.165) is 11.9 Å². The molecule has 1 aliphatic rings. The Bertz CT molecular complexity index is 1170.